The Kier molecular flexibility index (Phi) is 6.43. The molecule has 1 rings (SSSR count). The van der Waals surface area contributed by atoms with Crippen molar-refractivity contribution < 1.29 is 23.9 Å². The van der Waals surface area contributed by atoms with E-state index in [1.165, 1.54) is 7.11 Å². The van der Waals surface area contributed by atoms with Crippen LogP contribution in [0.15, 0.2) is 24.3 Å². The monoisotopic (exact) mass is 278 g/mol. The second-order valence-electron chi connectivity index (χ2n) is 4.21. The Balaban J connectivity index is 2.44. The Morgan fingerprint density at radius 3 is 2.30 bits per heavy atom. The molecule has 0 atom stereocenters. The number of ketones is 1. The highest BCUT2D eigenvalue weighted by atomic mass is 16.5. The minimum Gasteiger partial charge on any atom is -0.466 e. The number of hydrogen-bond acceptors (Lipinski definition) is 5. The first-order valence-electron chi connectivity index (χ1n) is 6.41. The van der Waals surface area contributed by atoms with Crippen LogP contribution in [0, 0.1) is 0 Å². The number of ether oxygens (including phenoxy) is 2. The molecule has 0 N–H and O–H groups in total. The fourth-order valence-corrected chi connectivity index (χ4v) is 1.67. The van der Waals surface area contributed by atoms with Gasteiger partial charge in [0.2, 0.25) is 0 Å². The molecule has 0 fully saturated rings. The molecule has 0 bridgehead atoms. The lowest BCUT2D eigenvalue weighted by Gasteiger charge is -2.03. The van der Waals surface area contributed by atoms with Gasteiger partial charge in [-0.25, -0.2) is 4.79 Å². The first-order chi connectivity index (χ1) is 9.56. The van der Waals surface area contributed by atoms with Gasteiger partial charge in [0.05, 0.1) is 19.3 Å². The molecule has 108 valence electrons. The second-order valence-corrected chi connectivity index (χ2v) is 4.21. The number of carbonyl (C=O) groups is 3. The van der Waals surface area contributed by atoms with Gasteiger partial charge in [0.25, 0.3) is 0 Å². The number of rotatable bonds is 7. The van der Waals surface area contributed by atoms with Gasteiger partial charge in [-0.3, -0.25) is 9.59 Å². The third kappa shape index (κ3) is 5.22. The maximum Gasteiger partial charge on any atom is 0.337 e. The highest BCUT2D eigenvalue weighted by Gasteiger charge is 2.10. The lowest BCUT2D eigenvalue weighted by Crippen LogP contribution is -2.11. The molecule has 0 aliphatic rings. The van der Waals surface area contributed by atoms with Crippen LogP contribution in [0.2, 0.25) is 0 Å². The summed E-state index contributed by atoms with van der Waals surface area (Å²) in [6, 6.07) is 6.84. The topological polar surface area (TPSA) is 69.7 Å². The summed E-state index contributed by atoms with van der Waals surface area (Å²) in [4.78, 5) is 33.9. The predicted molar refractivity (Wildman–Crippen MR) is 72.4 cm³/mol. The van der Waals surface area contributed by atoms with Gasteiger partial charge in [-0.1, -0.05) is 12.1 Å². The summed E-state index contributed by atoms with van der Waals surface area (Å²) in [5.74, 6) is -1.03. The van der Waals surface area contributed by atoms with Gasteiger partial charge in [-0.15, -0.1) is 0 Å². The SMILES string of the molecule is CCOC(=O)CC(=O)CCc1ccc(C(=O)OC)cc1. The largest absolute Gasteiger partial charge is 0.466 e. The zero-order valence-corrected chi connectivity index (χ0v) is 11.7. The summed E-state index contributed by atoms with van der Waals surface area (Å²) in [6.45, 7) is 1.98. The molecule has 0 saturated heterocycles. The molecule has 5 heteroatoms. The van der Waals surface area contributed by atoms with Crippen molar-refractivity contribution in [1.29, 1.82) is 0 Å². The summed E-state index contributed by atoms with van der Waals surface area (Å²) >= 11 is 0. The Hall–Kier alpha value is -2.17. The van der Waals surface area contributed by atoms with Gasteiger partial charge in [-0.2, -0.15) is 0 Å². The van der Waals surface area contributed by atoms with Crippen LogP contribution in [0.4, 0.5) is 0 Å². The van der Waals surface area contributed by atoms with E-state index in [0.717, 1.165) is 5.56 Å². The molecule has 0 aromatic heterocycles. The van der Waals surface area contributed by atoms with Crippen molar-refractivity contribution in [3.05, 3.63) is 35.4 Å². The van der Waals surface area contributed by atoms with Gasteiger partial charge in [0.1, 0.15) is 12.2 Å². The summed E-state index contributed by atoms with van der Waals surface area (Å²) in [5.41, 5.74) is 1.39. The van der Waals surface area contributed by atoms with E-state index in [9.17, 15) is 14.4 Å². The van der Waals surface area contributed by atoms with Crippen LogP contribution in [0.25, 0.3) is 0 Å². The summed E-state index contributed by atoms with van der Waals surface area (Å²) in [5, 5.41) is 0. The minimum atomic E-state index is -0.487. The van der Waals surface area contributed by atoms with Gasteiger partial charge in [0.15, 0.2) is 0 Å². The highest BCUT2D eigenvalue weighted by Crippen LogP contribution is 2.09. The molecule has 0 aliphatic carbocycles. The van der Waals surface area contributed by atoms with Gasteiger partial charge in [0, 0.05) is 6.42 Å². The number of carbonyl (C=O) groups excluding carboxylic acids is 3. The first-order valence-corrected chi connectivity index (χ1v) is 6.41. The van der Waals surface area contributed by atoms with Gasteiger partial charge >= 0.3 is 11.9 Å². The van der Waals surface area contributed by atoms with Crippen molar-refractivity contribution in [2.24, 2.45) is 0 Å². The predicted octanol–water partition coefficient (Wildman–Crippen LogP) is 1.93. The number of aryl methyl sites for hydroxylation is 1. The van der Waals surface area contributed by atoms with Crippen LogP contribution < -0.4 is 0 Å². The first kappa shape index (κ1) is 15.9. The van der Waals surface area contributed by atoms with E-state index in [1.54, 1.807) is 31.2 Å². The molecule has 0 heterocycles. The normalized spacial score (nSPS) is 9.90. The van der Waals surface area contributed by atoms with Gasteiger partial charge < -0.3 is 9.47 Å². The molecule has 0 amide bonds. The van der Waals surface area contributed by atoms with E-state index >= 15 is 0 Å². The van der Waals surface area contributed by atoms with Crippen molar-refractivity contribution in [3.63, 3.8) is 0 Å². The third-order valence-corrected chi connectivity index (χ3v) is 2.71. The van der Waals surface area contributed by atoms with Gasteiger partial charge in [-0.05, 0) is 31.0 Å². The van der Waals surface area contributed by atoms with E-state index in [0.29, 0.717) is 12.0 Å². The van der Waals surface area contributed by atoms with Crippen molar-refractivity contribution in [2.75, 3.05) is 13.7 Å². The van der Waals surface area contributed by atoms with Crippen LogP contribution >= 0.6 is 0 Å². The Bertz CT molecular complexity index is 476. The lowest BCUT2D eigenvalue weighted by molar-refractivity contribution is -0.145. The van der Waals surface area contributed by atoms with E-state index in [4.69, 9.17) is 4.74 Å². The van der Waals surface area contributed by atoms with E-state index in [1.807, 2.05) is 0 Å². The molecule has 5 nitrogen and oxygen atoms in total. The maximum atomic E-state index is 11.5. The molecule has 1 aromatic rings. The van der Waals surface area contributed by atoms with Crippen LogP contribution in [0.1, 0.15) is 35.7 Å². The van der Waals surface area contributed by atoms with Crippen LogP contribution in [-0.4, -0.2) is 31.4 Å². The van der Waals surface area contributed by atoms with E-state index in [2.05, 4.69) is 4.74 Å². The van der Waals surface area contributed by atoms with Crippen LogP contribution in [0.3, 0.4) is 0 Å². The molecule has 1 aromatic carbocycles. The summed E-state index contributed by atoms with van der Waals surface area (Å²) < 4.78 is 9.30. The zero-order chi connectivity index (χ0) is 15.0. The highest BCUT2D eigenvalue weighted by molar-refractivity contribution is 5.95. The van der Waals surface area contributed by atoms with Crippen molar-refractivity contribution in [2.45, 2.75) is 26.2 Å². The average molecular weight is 278 g/mol. The maximum absolute atomic E-state index is 11.5. The van der Waals surface area contributed by atoms with Crippen molar-refractivity contribution in [3.8, 4) is 0 Å². The average Bonchev–Trinajstić information content (AvgIpc) is 2.45. The zero-order valence-electron chi connectivity index (χ0n) is 11.7. The molecule has 0 saturated carbocycles. The Morgan fingerprint density at radius 2 is 1.75 bits per heavy atom. The molecule has 0 radical (unpaired) electrons. The number of methoxy groups -OCH3 is 1. The minimum absolute atomic E-state index is 0.152. The molecule has 20 heavy (non-hydrogen) atoms. The number of esters is 2. The fraction of sp³-hybridized carbons (Fsp3) is 0.400. The molecule has 0 spiro atoms. The second kappa shape index (κ2) is 8.09. The third-order valence-electron chi connectivity index (χ3n) is 2.71. The molecule has 0 unspecified atom stereocenters. The van der Waals surface area contributed by atoms with Crippen molar-refractivity contribution in [1.82, 2.24) is 0 Å². The van der Waals surface area contributed by atoms with Crippen molar-refractivity contribution >= 4 is 17.7 Å². The molecular formula is C15H18O5. The number of Topliss-reactive ketones (excluding diaryl/α,β-unsaturated/α-hetero) is 1. The Morgan fingerprint density at radius 1 is 1.10 bits per heavy atom. The standard InChI is InChI=1S/C15H18O5/c1-3-20-14(17)10-13(16)9-6-11-4-7-12(8-5-11)15(18)19-2/h4-5,7-8H,3,6,9-10H2,1-2H3. The summed E-state index contributed by atoms with van der Waals surface area (Å²) in [7, 11) is 1.32. The number of benzene rings is 1. The van der Waals surface area contributed by atoms with Crippen LogP contribution in [-0.2, 0) is 25.5 Å². The molecule has 0 aliphatic heterocycles. The number of hydrogen-bond donors (Lipinski definition) is 0. The van der Waals surface area contributed by atoms with Crippen LogP contribution in [0.5, 0.6) is 0 Å². The Labute approximate surface area is 117 Å². The van der Waals surface area contributed by atoms with E-state index < -0.39 is 11.9 Å². The lowest BCUT2D eigenvalue weighted by atomic mass is 10.0. The smallest absolute Gasteiger partial charge is 0.337 e. The summed E-state index contributed by atoms with van der Waals surface area (Å²) in [6.07, 6.45) is 0.615. The fourth-order valence-electron chi connectivity index (χ4n) is 1.67. The van der Waals surface area contributed by atoms with E-state index in [-0.39, 0.29) is 25.2 Å². The molecular weight excluding hydrogens is 260 g/mol. The quantitative estimate of drug-likeness (QED) is 0.563.